The van der Waals surface area contributed by atoms with Gasteiger partial charge in [0.05, 0.1) is 10.6 Å². The molecule has 0 fully saturated rings. The van der Waals surface area contributed by atoms with Crippen LogP contribution in [0.3, 0.4) is 0 Å². The minimum Gasteiger partial charge on any atom is -0.377 e. The van der Waals surface area contributed by atoms with Crippen LogP contribution >= 0.6 is 23.1 Å². The molecule has 0 unspecified atom stereocenters. The first-order valence-electron chi connectivity index (χ1n) is 4.45. The number of hydrogen-bond donors (Lipinski definition) is 2. The van der Waals surface area contributed by atoms with E-state index in [0.29, 0.717) is 10.9 Å². The fourth-order valence-electron chi connectivity index (χ4n) is 1.10. The van der Waals surface area contributed by atoms with Crippen LogP contribution in [0.2, 0.25) is 0 Å². The van der Waals surface area contributed by atoms with Crippen molar-refractivity contribution in [2.75, 3.05) is 0 Å². The molecule has 2 heterocycles. The van der Waals surface area contributed by atoms with E-state index in [1.165, 1.54) is 11.8 Å². The second kappa shape index (κ2) is 5.04. The fraction of sp³-hybridized carbons (Fsp3) is 0.111. The third-order valence-corrected chi connectivity index (χ3v) is 3.54. The Hall–Kier alpha value is -1.47. The van der Waals surface area contributed by atoms with Crippen molar-refractivity contribution in [2.45, 2.75) is 5.75 Å². The second-order valence-corrected chi connectivity index (χ2v) is 4.86. The maximum absolute atomic E-state index is 5.45. The molecule has 7 heteroatoms. The highest BCUT2D eigenvalue weighted by atomic mass is 32.2. The lowest BCUT2D eigenvalue weighted by Gasteiger charge is -1.93. The van der Waals surface area contributed by atoms with Crippen LogP contribution in [-0.4, -0.2) is 10.3 Å². The molecule has 4 N–H and O–H groups in total. The zero-order chi connectivity index (χ0) is 11.4. The van der Waals surface area contributed by atoms with E-state index >= 15 is 0 Å². The fourth-order valence-corrected chi connectivity index (χ4v) is 2.28. The molecule has 0 aliphatic carbocycles. The van der Waals surface area contributed by atoms with Gasteiger partial charge in [-0.25, -0.2) is 0 Å². The van der Waals surface area contributed by atoms with Crippen LogP contribution in [-0.2, 0) is 5.75 Å². The van der Waals surface area contributed by atoms with E-state index < -0.39 is 0 Å². The van der Waals surface area contributed by atoms with Gasteiger partial charge >= 0.3 is 0 Å². The summed E-state index contributed by atoms with van der Waals surface area (Å²) in [7, 11) is 0. The van der Waals surface area contributed by atoms with Crippen molar-refractivity contribution in [1.29, 1.82) is 0 Å². The summed E-state index contributed by atoms with van der Waals surface area (Å²) >= 11 is 2.93. The summed E-state index contributed by atoms with van der Waals surface area (Å²) in [5.41, 5.74) is 6.27. The highest BCUT2D eigenvalue weighted by Gasteiger charge is 2.07. The van der Waals surface area contributed by atoms with Gasteiger partial charge in [0.15, 0.2) is 10.9 Å². The van der Waals surface area contributed by atoms with Crippen molar-refractivity contribution in [2.24, 2.45) is 16.7 Å². The highest BCUT2D eigenvalue weighted by molar-refractivity contribution is 8.13. The summed E-state index contributed by atoms with van der Waals surface area (Å²) in [6, 6.07) is 5.84. The first-order chi connectivity index (χ1) is 7.79. The molecule has 0 spiro atoms. The second-order valence-electron chi connectivity index (χ2n) is 2.92. The van der Waals surface area contributed by atoms with Crippen LogP contribution < -0.4 is 11.6 Å². The quantitative estimate of drug-likeness (QED) is 0.377. The molecule has 0 aliphatic heterocycles. The third-order valence-electron chi connectivity index (χ3n) is 1.82. The third kappa shape index (κ3) is 2.56. The van der Waals surface area contributed by atoms with E-state index in [4.69, 9.17) is 16.1 Å². The summed E-state index contributed by atoms with van der Waals surface area (Å²) in [5.74, 6) is 6.39. The molecule has 2 aromatic rings. The Labute approximate surface area is 100 Å². The molecule has 5 nitrogen and oxygen atoms in total. The summed E-state index contributed by atoms with van der Waals surface area (Å²) in [4.78, 5) is 1.06. The Balaban J connectivity index is 2.03. The monoisotopic (exact) mass is 254 g/mol. The van der Waals surface area contributed by atoms with E-state index in [0.717, 1.165) is 16.3 Å². The van der Waals surface area contributed by atoms with Crippen LogP contribution in [0.25, 0.3) is 10.6 Å². The minimum atomic E-state index is 0.334. The van der Waals surface area contributed by atoms with E-state index in [1.54, 1.807) is 11.3 Å². The standard InChI is InChI=1S/C9H10N4OS2/c10-9(12-11)16-5-6-4-7(14-13-6)8-2-1-3-15-8/h1-4H,5,11H2,(H2,10,12). The Bertz CT molecular complexity index is 477. The Morgan fingerprint density at radius 3 is 3.19 bits per heavy atom. The van der Waals surface area contributed by atoms with Gasteiger partial charge in [-0.2, -0.15) is 5.10 Å². The molecule has 0 radical (unpaired) electrons. The molecular weight excluding hydrogens is 244 g/mol. The number of aromatic nitrogens is 1. The number of hydrazone groups is 1. The molecule has 2 aromatic heterocycles. The van der Waals surface area contributed by atoms with E-state index in [2.05, 4.69) is 10.3 Å². The molecule has 0 aromatic carbocycles. The van der Waals surface area contributed by atoms with Gasteiger partial charge in [-0.3, -0.25) is 0 Å². The molecule has 0 aliphatic rings. The average Bonchev–Trinajstić information content (AvgIpc) is 2.95. The summed E-state index contributed by atoms with van der Waals surface area (Å²) in [6.45, 7) is 0. The highest BCUT2D eigenvalue weighted by Crippen LogP contribution is 2.26. The molecule has 0 atom stereocenters. The van der Waals surface area contributed by atoms with Crippen molar-refractivity contribution in [3.05, 3.63) is 29.3 Å². The van der Waals surface area contributed by atoms with Crippen LogP contribution in [0.5, 0.6) is 0 Å². The number of nitrogens with zero attached hydrogens (tertiary/aromatic N) is 2. The van der Waals surface area contributed by atoms with Crippen molar-refractivity contribution in [3.8, 4) is 10.6 Å². The maximum atomic E-state index is 5.45. The molecular formula is C9H10N4OS2. The Morgan fingerprint density at radius 2 is 2.50 bits per heavy atom. The molecule has 0 bridgehead atoms. The van der Waals surface area contributed by atoms with Crippen LogP contribution in [0, 0.1) is 0 Å². The van der Waals surface area contributed by atoms with Gasteiger partial charge in [-0.1, -0.05) is 23.0 Å². The van der Waals surface area contributed by atoms with Gasteiger partial charge in [0, 0.05) is 11.8 Å². The number of thiophene rings is 1. The van der Waals surface area contributed by atoms with E-state index in [9.17, 15) is 0 Å². The van der Waals surface area contributed by atoms with Crippen LogP contribution in [0.1, 0.15) is 5.69 Å². The van der Waals surface area contributed by atoms with Gasteiger partial charge in [-0.15, -0.1) is 11.3 Å². The number of hydrogen-bond acceptors (Lipinski definition) is 6. The van der Waals surface area contributed by atoms with Crippen molar-refractivity contribution >= 4 is 28.3 Å². The maximum Gasteiger partial charge on any atom is 0.177 e. The van der Waals surface area contributed by atoms with E-state index in [-0.39, 0.29) is 0 Å². The molecule has 2 rings (SSSR count). The predicted molar refractivity (Wildman–Crippen MR) is 66.9 cm³/mol. The number of thioether (sulfide) groups is 1. The molecule has 0 amide bonds. The van der Waals surface area contributed by atoms with Crippen LogP contribution in [0.15, 0.2) is 33.2 Å². The summed E-state index contributed by atoms with van der Waals surface area (Å²) in [5, 5.41) is 9.62. The lowest BCUT2D eigenvalue weighted by atomic mass is 10.3. The molecule has 0 saturated heterocycles. The van der Waals surface area contributed by atoms with Gasteiger partial charge in [0.2, 0.25) is 0 Å². The minimum absolute atomic E-state index is 0.334. The van der Waals surface area contributed by atoms with Crippen molar-refractivity contribution < 1.29 is 4.52 Å². The van der Waals surface area contributed by atoms with Gasteiger partial charge < -0.3 is 16.1 Å². The van der Waals surface area contributed by atoms with Crippen LogP contribution in [0.4, 0.5) is 0 Å². The summed E-state index contributed by atoms with van der Waals surface area (Å²) in [6.07, 6.45) is 0. The number of amidine groups is 1. The first kappa shape index (κ1) is 11.0. The Morgan fingerprint density at radius 1 is 1.62 bits per heavy atom. The zero-order valence-electron chi connectivity index (χ0n) is 8.29. The topological polar surface area (TPSA) is 90.4 Å². The molecule has 16 heavy (non-hydrogen) atoms. The summed E-state index contributed by atoms with van der Waals surface area (Å²) < 4.78 is 5.21. The van der Waals surface area contributed by atoms with Gasteiger partial charge in [0.25, 0.3) is 0 Å². The number of rotatable bonds is 3. The average molecular weight is 254 g/mol. The van der Waals surface area contributed by atoms with Gasteiger partial charge in [-0.05, 0) is 11.4 Å². The predicted octanol–water partition coefficient (Wildman–Crippen LogP) is 1.82. The molecule has 84 valence electrons. The largest absolute Gasteiger partial charge is 0.377 e. The van der Waals surface area contributed by atoms with Crippen molar-refractivity contribution in [1.82, 2.24) is 5.16 Å². The number of nitrogens with two attached hydrogens (primary N) is 2. The normalized spacial score (nSPS) is 11.9. The lowest BCUT2D eigenvalue weighted by Crippen LogP contribution is -2.09. The smallest absolute Gasteiger partial charge is 0.177 e. The SMILES string of the molecule is NN=C(N)SCc1cc(-c2cccs2)on1. The first-order valence-corrected chi connectivity index (χ1v) is 6.31. The van der Waals surface area contributed by atoms with Crippen molar-refractivity contribution in [3.63, 3.8) is 0 Å². The van der Waals surface area contributed by atoms with Gasteiger partial charge in [0.1, 0.15) is 0 Å². The Kier molecular flexibility index (Phi) is 3.47. The molecule has 0 saturated carbocycles. The van der Waals surface area contributed by atoms with E-state index in [1.807, 2.05) is 23.6 Å². The lowest BCUT2D eigenvalue weighted by molar-refractivity contribution is 0.427. The zero-order valence-corrected chi connectivity index (χ0v) is 9.92.